The molecule has 0 radical (unpaired) electrons. The van der Waals surface area contributed by atoms with Crippen molar-refractivity contribution in [1.29, 1.82) is 0 Å². The molecule has 0 atom stereocenters. The molecule has 8 heteroatoms. The fourth-order valence-corrected chi connectivity index (χ4v) is 3.39. The number of amides is 1. The SMILES string of the molecule is CN(Cc1ccccn1)C(=O)c1ccc2onc(-c3coc(-c4ccc(F)cc4)n3)c2c1. The smallest absolute Gasteiger partial charge is 0.253 e. The molecule has 0 aliphatic rings. The Balaban J connectivity index is 1.44. The maximum absolute atomic E-state index is 13.2. The highest BCUT2D eigenvalue weighted by Gasteiger charge is 2.19. The third kappa shape index (κ3) is 3.74. The van der Waals surface area contributed by atoms with Gasteiger partial charge in [0.25, 0.3) is 5.91 Å². The fourth-order valence-electron chi connectivity index (χ4n) is 3.39. The van der Waals surface area contributed by atoms with Crippen LogP contribution in [0, 0.1) is 5.82 Å². The number of aromatic nitrogens is 3. The monoisotopic (exact) mass is 428 g/mol. The largest absolute Gasteiger partial charge is 0.444 e. The van der Waals surface area contributed by atoms with Crippen LogP contribution < -0.4 is 0 Å². The summed E-state index contributed by atoms with van der Waals surface area (Å²) in [5.41, 5.74) is 3.36. The van der Waals surface area contributed by atoms with Crippen molar-refractivity contribution in [3.05, 3.63) is 90.2 Å². The van der Waals surface area contributed by atoms with Gasteiger partial charge in [-0.2, -0.15) is 0 Å². The van der Waals surface area contributed by atoms with Crippen molar-refractivity contribution >= 4 is 16.9 Å². The summed E-state index contributed by atoms with van der Waals surface area (Å²) in [6.45, 7) is 0.387. The second-order valence-corrected chi connectivity index (χ2v) is 7.27. The molecule has 5 rings (SSSR count). The van der Waals surface area contributed by atoms with Crippen LogP contribution in [0.2, 0.25) is 0 Å². The van der Waals surface area contributed by atoms with Gasteiger partial charge in [0.1, 0.15) is 23.5 Å². The molecular weight excluding hydrogens is 411 g/mol. The molecule has 3 heterocycles. The average molecular weight is 428 g/mol. The van der Waals surface area contributed by atoms with Crippen LogP contribution in [0.15, 0.2) is 82.1 Å². The minimum Gasteiger partial charge on any atom is -0.444 e. The van der Waals surface area contributed by atoms with Crippen LogP contribution >= 0.6 is 0 Å². The topological polar surface area (TPSA) is 85.3 Å². The zero-order chi connectivity index (χ0) is 22.1. The molecule has 0 spiro atoms. The number of hydrogen-bond acceptors (Lipinski definition) is 6. The van der Waals surface area contributed by atoms with Crippen molar-refractivity contribution in [2.24, 2.45) is 0 Å². The standard InChI is InChI=1S/C24H17FN4O3/c1-29(13-18-4-2-3-11-26-18)24(30)16-7-10-21-19(12-16)22(28-32-21)20-14-31-23(27-20)15-5-8-17(25)9-6-15/h2-12,14H,13H2,1H3. The second-order valence-electron chi connectivity index (χ2n) is 7.27. The van der Waals surface area contributed by atoms with Gasteiger partial charge in [0.15, 0.2) is 5.58 Å². The van der Waals surface area contributed by atoms with Gasteiger partial charge in [0, 0.05) is 24.4 Å². The van der Waals surface area contributed by atoms with Crippen molar-refractivity contribution in [3.63, 3.8) is 0 Å². The Morgan fingerprint density at radius 1 is 1.09 bits per heavy atom. The van der Waals surface area contributed by atoms with Crippen LogP contribution in [-0.4, -0.2) is 33.0 Å². The molecule has 0 saturated heterocycles. The first kappa shape index (κ1) is 19.6. The highest BCUT2D eigenvalue weighted by molar-refractivity contribution is 6.00. The molecule has 1 amide bonds. The number of carbonyl (C=O) groups is 1. The quantitative estimate of drug-likeness (QED) is 0.394. The van der Waals surface area contributed by atoms with Gasteiger partial charge in [-0.3, -0.25) is 9.78 Å². The van der Waals surface area contributed by atoms with Crippen LogP contribution in [0.3, 0.4) is 0 Å². The predicted molar refractivity (Wildman–Crippen MR) is 115 cm³/mol. The van der Waals surface area contributed by atoms with Crippen molar-refractivity contribution in [1.82, 2.24) is 20.0 Å². The lowest BCUT2D eigenvalue weighted by Gasteiger charge is -2.16. The van der Waals surface area contributed by atoms with Crippen LogP contribution in [0.1, 0.15) is 16.1 Å². The van der Waals surface area contributed by atoms with E-state index in [1.54, 1.807) is 48.5 Å². The van der Waals surface area contributed by atoms with E-state index >= 15 is 0 Å². The van der Waals surface area contributed by atoms with Gasteiger partial charge in [-0.1, -0.05) is 11.2 Å². The molecule has 0 aliphatic carbocycles. The molecule has 158 valence electrons. The third-order valence-corrected chi connectivity index (χ3v) is 5.03. The minimum absolute atomic E-state index is 0.156. The van der Waals surface area contributed by atoms with E-state index in [0.717, 1.165) is 5.69 Å². The lowest BCUT2D eigenvalue weighted by Crippen LogP contribution is -2.26. The Kier molecular flexibility index (Phi) is 4.95. The number of halogens is 1. The Bertz CT molecular complexity index is 1390. The van der Waals surface area contributed by atoms with E-state index in [1.807, 2.05) is 18.2 Å². The Morgan fingerprint density at radius 2 is 1.94 bits per heavy atom. The number of hydrogen-bond donors (Lipinski definition) is 0. The van der Waals surface area contributed by atoms with Crippen molar-refractivity contribution in [2.45, 2.75) is 6.54 Å². The number of carbonyl (C=O) groups excluding carboxylic acids is 1. The second kappa shape index (κ2) is 8.07. The highest BCUT2D eigenvalue weighted by Crippen LogP contribution is 2.30. The maximum atomic E-state index is 13.2. The van der Waals surface area contributed by atoms with Crippen LogP contribution in [0.5, 0.6) is 0 Å². The van der Waals surface area contributed by atoms with Gasteiger partial charge in [0.2, 0.25) is 5.89 Å². The molecule has 0 N–H and O–H groups in total. The van der Waals surface area contributed by atoms with E-state index in [-0.39, 0.29) is 11.7 Å². The van der Waals surface area contributed by atoms with Crippen molar-refractivity contribution in [2.75, 3.05) is 7.05 Å². The van der Waals surface area contributed by atoms with Gasteiger partial charge >= 0.3 is 0 Å². The summed E-state index contributed by atoms with van der Waals surface area (Å²) in [5.74, 6) is -0.163. The van der Waals surface area contributed by atoms with Crippen LogP contribution in [0.25, 0.3) is 33.8 Å². The van der Waals surface area contributed by atoms with E-state index in [2.05, 4.69) is 15.1 Å². The van der Waals surface area contributed by atoms with Crippen molar-refractivity contribution < 1.29 is 18.1 Å². The Morgan fingerprint density at radius 3 is 2.72 bits per heavy atom. The first-order valence-electron chi connectivity index (χ1n) is 9.85. The third-order valence-electron chi connectivity index (χ3n) is 5.03. The lowest BCUT2D eigenvalue weighted by atomic mass is 10.1. The molecule has 3 aromatic heterocycles. The number of rotatable bonds is 5. The summed E-state index contributed by atoms with van der Waals surface area (Å²) in [6, 6.07) is 16.6. The van der Waals surface area contributed by atoms with Gasteiger partial charge in [-0.05, 0) is 54.6 Å². The zero-order valence-electron chi connectivity index (χ0n) is 17.0. The molecule has 0 unspecified atom stereocenters. The number of nitrogens with zero attached hydrogens (tertiary/aromatic N) is 4. The van der Waals surface area contributed by atoms with Crippen LogP contribution in [-0.2, 0) is 6.54 Å². The minimum atomic E-state index is -0.340. The summed E-state index contributed by atoms with van der Waals surface area (Å²) in [7, 11) is 1.72. The molecule has 2 aromatic carbocycles. The Labute approximate surface area is 182 Å². The van der Waals surface area contributed by atoms with Crippen LogP contribution in [0.4, 0.5) is 4.39 Å². The Hall–Kier alpha value is -4.33. The number of benzene rings is 2. The zero-order valence-corrected chi connectivity index (χ0v) is 17.0. The first-order valence-corrected chi connectivity index (χ1v) is 9.85. The summed E-state index contributed by atoms with van der Waals surface area (Å²) >= 11 is 0. The molecule has 0 fully saturated rings. The number of fused-ring (bicyclic) bond motifs is 1. The summed E-state index contributed by atoms with van der Waals surface area (Å²) in [6.07, 6.45) is 3.15. The maximum Gasteiger partial charge on any atom is 0.253 e. The lowest BCUT2D eigenvalue weighted by molar-refractivity contribution is 0.0783. The number of oxazole rings is 1. The van der Waals surface area contributed by atoms with Crippen molar-refractivity contribution in [3.8, 4) is 22.8 Å². The highest BCUT2D eigenvalue weighted by atomic mass is 19.1. The summed E-state index contributed by atoms with van der Waals surface area (Å²) < 4.78 is 24.1. The average Bonchev–Trinajstić information content (AvgIpc) is 3.46. The van der Waals surface area contributed by atoms with Gasteiger partial charge in [-0.25, -0.2) is 9.37 Å². The van der Waals surface area contributed by atoms with E-state index in [4.69, 9.17) is 8.94 Å². The summed E-state index contributed by atoms with van der Waals surface area (Å²) in [5, 5.41) is 4.75. The van der Waals surface area contributed by atoms with E-state index in [1.165, 1.54) is 18.4 Å². The van der Waals surface area contributed by atoms with Gasteiger partial charge in [0.05, 0.1) is 17.6 Å². The van der Waals surface area contributed by atoms with Gasteiger partial charge < -0.3 is 13.8 Å². The van der Waals surface area contributed by atoms with E-state index in [9.17, 15) is 9.18 Å². The summed E-state index contributed by atoms with van der Waals surface area (Å²) in [4.78, 5) is 23.3. The molecule has 0 bridgehead atoms. The molecule has 0 aliphatic heterocycles. The predicted octanol–water partition coefficient (Wildman–Crippen LogP) is 4.96. The number of pyridine rings is 1. The van der Waals surface area contributed by atoms with E-state index in [0.29, 0.717) is 45.9 Å². The van der Waals surface area contributed by atoms with E-state index < -0.39 is 0 Å². The molecule has 5 aromatic rings. The normalized spacial score (nSPS) is 11.1. The molecule has 32 heavy (non-hydrogen) atoms. The first-order chi connectivity index (χ1) is 15.6. The molecular formula is C24H17FN4O3. The molecule has 7 nitrogen and oxygen atoms in total. The fraction of sp³-hybridized carbons (Fsp3) is 0.0833. The molecule has 0 saturated carbocycles. The van der Waals surface area contributed by atoms with Gasteiger partial charge in [-0.15, -0.1) is 0 Å².